The molecule has 0 saturated carbocycles. The molecule has 9 nitrogen and oxygen atoms in total. The molecule has 0 aromatic carbocycles. The van der Waals surface area contributed by atoms with E-state index < -0.39 is 23.6 Å². The lowest BCUT2D eigenvalue weighted by Gasteiger charge is -2.10. The summed E-state index contributed by atoms with van der Waals surface area (Å²) in [6.07, 6.45) is -3.22. The van der Waals surface area contributed by atoms with Crippen molar-refractivity contribution in [2.45, 2.75) is 33.1 Å². The van der Waals surface area contributed by atoms with Crippen LogP contribution in [0.25, 0.3) is 0 Å². The number of amides is 1. The van der Waals surface area contributed by atoms with E-state index in [1.807, 2.05) is 0 Å². The second-order valence-corrected chi connectivity index (χ2v) is 5.62. The summed E-state index contributed by atoms with van der Waals surface area (Å²) in [4.78, 5) is 26.1. The van der Waals surface area contributed by atoms with Crippen LogP contribution in [-0.2, 0) is 17.9 Å². The molecule has 2 rings (SSSR count). The molecule has 0 unspecified atom stereocenters. The number of alkyl halides is 3. The Morgan fingerprint density at radius 3 is 2.70 bits per heavy atom. The van der Waals surface area contributed by atoms with Crippen molar-refractivity contribution in [3.63, 3.8) is 0 Å². The highest BCUT2D eigenvalue weighted by Crippen LogP contribution is 2.21. The number of pyridine rings is 1. The van der Waals surface area contributed by atoms with E-state index in [0.717, 1.165) is 0 Å². The fourth-order valence-electron chi connectivity index (χ4n) is 2.29. The van der Waals surface area contributed by atoms with Crippen molar-refractivity contribution in [2.24, 2.45) is 0 Å². The predicted molar refractivity (Wildman–Crippen MR) is 86.0 cm³/mol. The largest absolute Gasteiger partial charge is 0.468 e. The van der Waals surface area contributed by atoms with Crippen LogP contribution >= 0.6 is 0 Å². The monoisotopic (exact) mass is 387 g/mol. The molecule has 0 bridgehead atoms. The van der Waals surface area contributed by atoms with Gasteiger partial charge in [0, 0.05) is 18.8 Å². The number of aromatic nitrogens is 3. The van der Waals surface area contributed by atoms with Gasteiger partial charge in [-0.1, -0.05) is 0 Å². The smallest absolute Gasteiger partial charge is 0.422 e. The van der Waals surface area contributed by atoms with E-state index in [9.17, 15) is 28.1 Å². The Bertz CT molecular complexity index is 850. The predicted octanol–water partition coefficient (Wildman–Crippen LogP) is 2.06. The number of halogens is 3. The first-order valence-corrected chi connectivity index (χ1v) is 7.66. The highest BCUT2D eigenvalue weighted by atomic mass is 19.4. The first-order valence-electron chi connectivity index (χ1n) is 7.66. The summed E-state index contributed by atoms with van der Waals surface area (Å²) in [7, 11) is 0. The lowest BCUT2D eigenvalue weighted by molar-refractivity contribution is -0.386. The molecule has 27 heavy (non-hydrogen) atoms. The van der Waals surface area contributed by atoms with Crippen LogP contribution in [0.2, 0.25) is 0 Å². The van der Waals surface area contributed by atoms with Gasteiger partial charge in [-0.05, 0) is 25.5 Å². The standard InChI is InChI=1S/C15H16F3N5O4/c1-9-14(23(25)26)10(2)22(21-9)7-12(24)20-6-11-3-4-19-13(5-11)27-8-15(16,17)18/h3-5H,6-8H2,1-2H3,(H,20,24). The van der Waals surface area contributed by atoms with Gasteiger partial charge in [-0.2, -0.15) is 18.3 Å². The van der Waals surface area contributed by atoms with Crippen LogP contribution in [0.3, 0.4) is 0 Å². The van der Waals surface area contributed by atoms with E-state index in [-0.39, 0.29) is 36.0 Å². The molecule has 146 valence electrons. The molecular formula is C15H16F3N5O4. The fraction of sp³-hybridized carbons (Fsp3) is 0.400. The van der Waals surface area contributed by atoms with Gasteiger partial charge in [-0.25, -0.2) is 4.98 Å². The summed E-state index contributed by atoms with van der Waals surface area (Å²) in [5, 5.41) is 17.5. The quantitative estimate of drug-likeness (QED) is 0.575. The minimum atomic E-state index is -4.48. The van der Waals surface area contributed by atoms with E-state index in [0.29, 0.717) is 5.56 Å². The number of carbonyl (C=O) groups excluding carboxylic acids is 1. The Labute approximate surface area is 151 Å². The van der Waals surface area contributed by atoms with E-state index in [2.05, 4.69) is 20.1 Å². The number of aryl methyl sites for hydroxylation is 1. The zero-order valence-corrected chi connectivity index (χ0v) is 14.4. The molecule has 0 spiro atoms. The fourth-order valence-corrected chi connectivity index (χ4v) is 2.29. The number of hydrogen-bond donors (Lipinski definition) is 1. The van der Waals surface area contributed by atoms with E-state index >= 15 is 0 Å². The van der Waals surface area contributed by atoms with Crippen LogP contribution in [-0.4, -0.2) is 38.4 Å². The minimum Gasteiger partial charge on any atom is -0.468 e. The Morgan fingerprint density at radius 1 is 1.41 bits per heavy atom. The zero-order valence-electron chi connectivity index (χ0n) is 14.4. The van der Waals surface area contributed by atoms with Crippen molar-refractivity contribution < 1.29 is 27.6 Å². The molecular weight excluding hydrogens is 371 g/mol. The molecule has 0 radical (unpaired) electrons. The molecule has 0 aliphatic rings. The maximum atomic E-state index is 12.2. The molecule has 0 aliphatic heterocycles. The number of ether oxygens (including phenoxy) is 1. The van der Waals surface area contributed by atoms with Crippen LogP contribution in [0.5, 0.6) is 5.88 Å². The number of carbonyl (C=O) groups is 1. The van der Waals surface area contributed by atoms with Crippen LogP contribution in [0.4, 0.5) is 18.9 Å². The molecule has 0 atom stereocenters. The van der Waals surface area contributed by atoms with Crippen molar-refractivity contribution >= 4 is 11.6 Å². The highest BCUT2D eigenvalue weighted by molar-refractivity contribution is 5.75. The third-order valence-corrected chi connectivity index (χ3v) is 3.49. The van der Waals surface area contributed by atoms with Gasteiger partial charge in [0.1, 0.15) is 17.9 Å². The lowest BCUT2D eigenvalue weighted by atomic mass is 10.2. The summed E-state index contributed by atoms with van der Waals surface area (Å²) < 4.78 is 42.2. The van der Waals surface area contributed by atoms with Crippen LogP contribution in [0.15, 0.2) is 18.3 Å². The first kappa shape index (κ1) is 20.1. The SMILES string of the molecule is Cc1nn(CC(=O)NCc2ccnc(OCC(F)(F)F)c2)c(C)c1[N+](=O)[O-]. The van der Waals surface area contributed by atoms with Gasteiger partial charge in [0.25, 0.3) is 0 Å². The van der Waals surface area contributed by atoms with Crippen LogP contribution in [0, 0.1) is 24.0 Å². The van der Waals surface area contributed by atoms with Gasteiger partial charge in [0.15, 0.2) is 6.61 Å². The molecule has 1 amide bonds. The number of hydrogen-bond acceptors (Lipinski definition) is 6. The summed E-state index contributed by atoms with van der Waals surface area (Å²) in [5.41, 5.74) is 0.781. The topological polar surface area (TPSA) is 112 Å². The summed E-state index contributed by atoms with van der Waals surface area (Å²) in [6.45, 7) is 1.28. The Hall–Kier alpha value is -3.18. The van der Waals surface area contributed by atoms with Crippen LogP contribution < -0.4 is 10.1 Å². The maximum Gasteiger partial charge on any atom is 0.422 e. The Morgan fingerprint density at radius 2 is 2.11 bits per heavy atom. The van der Waals surface area contributed by atoms with Gasteiger partial charge >= 0.3 is 11.9 Å². The molecule has 2 aromatic heterocycles. The third-order valence-electron chi connectivity index (χ3n) is 3.49. The molecule has 0 aliphatic carbocycles. The molecule has 0 saturated heterocycles. The number of rotatable bonds is 7. The van der Waals surface area contributed by atoms with Crippen LogP contribution in [0.1, 0.15) is 17.0 Å². The average Bonchev–Trinajstić information content (AvgIpc) is 2.84. The number of nitro groups is 1. The van der Waals surface area contributed by atoms with E-state index in [4.69, 9.17) is 0 Å². The zero-order chi connectivity index (χ0) is 20.2. The Balaban J connectivity index is 1.94. The summed E-state index contributed by atoms with van der Waals surface area (Å²) >= 11 is 0. The maximum absolute atomic E-state index is 12.2. The normalized spacial score (nSPS) is 11.3. The summed E-state index contributed by atoms with van der Waals surface area (Å²) in [6, 6.07) is 2.79. The average molecular weight is 387 g/mol. The van der Waals surface area contributed by atoms with Gasteiger partial charge < -0.3 is 10.1 Å². The van der Waals surface area contributed by atoms with Gasteiger partial charge in [0.05, 0.1) is 4.92 Å². The number of nitrogens with zero attached hydrogens (tertiary/aromatic N) is 4. The van der Waals surface area contributed by atoms with Gasteiger partial charge in [-0.3, -0.25) is 19.6 Å². The van der Waals surface area contributed by atoms with Gasteiger partial charge in [0.2, 0.25) is 11.8 Å². The second-order valence-electron chi connectivity index (χ2n) is 5.62. The molecule has 0 fully saturated rings. The molecule has 1 N–H and O–H groups in total. The Kier molecular flexibility index (Phi) is 5.98. The molecule has 2 heterocycles. The highest BCUT2D eigenvalue weighted by Gasteiger charge is 2.28. The van der Waals surface area contributed by atoms with E-state index in [1.165, 1.54) is 36.9 Å². The van der Waals surface area contributed by atoms with Crippen molar-refractivity contribution in [2.75, 3.05) is 6.61 Å². The third kappa shape index (κ3) is 5.66. The number of nitrogens with one attached hydrogen (secondary N) is 1. The van der Waals surface area contributed by atoms with Crippen molar-refractivity contribution in [1.29, 1.82) is 0 Å². The van der Waals surface area contributed by atoms with Gasteiger partial charge in [-0.15, -0.1) is 0 Å². The first-order chi connectivity index (χ1) is 12.6. The van der Waals surface area contributed by atoms with Crippen molar-refractivity contribution in [1.82, 2.24) is 20.1 Å². The van der Waals surface area contributed by atoms with E-state index in [1.54, 1.807) is 0 Å². The minimum absolute atomic E-state index is 0.0190. The second kappa shape index (κ2) is 8.01. The molecule has 12 heteroatoms. The van der Waals surface area contributed by atoms with Crippen molar-refractivity contribution in [3.05, 3.63) is 45.4 Å². The van der Waals surface area contributed by atoms with Crippen molar-refractivity contribution in [3.8, 4) is 5.88 Å². The molecule has 2 aromatic rings. The lowest BCUT2D eigenvalue weighted by Crippen LogP contribution is -2.28. The summed E-state index contributed by atoms with van der Waals surface area (Å²) in [5.74, 6) is -0.682.